The quantitative estimate of drug-likeness (QED) is 0.739. The first-order valence-electron chi connectivity index (χ1n) is 5.85. The van der Waals surface area contributed by atoms with Crippen molar-refractivity contribution in [3.05, 3.63) is 24.4 Å². The van der Waals surface area contributed by atoms with Crippen LogP contribution in [0.15, 0.2) is 34.5 Å². The van der Waals surface area contributed by atoms with Gasteiger partial charge in [-0.05, 0) is 0 Å². The topological polar surface area (TPSA) is 36.8 Å². The Morgan fingerprint density at radius 2 is 1.71 bits per heavy atom. The maximum Gasteiger partial charge on any atom is 0.155 e. The largest absolute Gasteiger partial charge is 0.261 e. The summed E-state index contributed by atoms with van der Waals surface area (Å²) < 4.78 is 0. The van der Waals surface area contributed by atoms with Crippen molar-refractivity contribution in [1.82, 2.24) is 5.43 Å². The predicted molar refractivity (Wildman–Crippen MR) is 75.2 cm³/mol. The Balaban J connectivity index is 2.93. The second-order valence-electron chi connectivity index (χ2n) is 6.46. The van der Waals surface area contributed by atoms with Gasteiger partial charge >= 0.3 is 0 Å². The molecule has 3 heteroatoms. The number of hydrogen-bond acceptors (Lipinski definition) is 2. The van der Waals surface area contributed by atoms with E-state index in [-0.39, 0.29) is 10.8 Å². The maximum absolute atomic E-state index is 4.49. The van der Waals surface area contributed by atoms with E-state index in [4.69, 9.17) is 0 Å². The Morgan fingerprint density at radius 3 is 2.06 bits per heavy atom. The van der Waals surface area contributed by atoms with E-state index in [1.54, 1.807) is 0 Å². The molecule has 94 valence electrons. The highest BCUT2D eigenvalue weighted by Gasteiger charge is 2.29. The van der Waals surface area contributed by atoms with Gasteiger partial charge in [-0.3, -0.25) is 5.43 Å². The molecule has 3 nitrogen and oxygen atoms in total. The minimum atomic E-state index is -0.0422. The van der Waals surface area contributed by atoms with Gasteiger partial charge < -0.3 is 0 Å². The molecule has 0 unspecified atom stereocenters. The van der Waals surface area contributed by atoms with Gasteiger partial charge in [0.05, 0.1) is 5.71 Å². The van der Waals surface area contributed by atoms with Crippen LogP contribution < -0.4 is 5.43 Å². The molecular weight excluding hydrogens is 210 g/mol. The normalized spacial score (nSPS) is 19.3. The number of nitrogens with one attached hydrogen (secondary N) is 1. The molecule has 1 N–H and O–H groups in total. The second-order valence-corrected chi connectivity index (χ2v) is 6.46. The van der Waals surface area contributed by atoms with E-state index in [9.17, 15) is 0 Å². The van der Waals surface area contributed by atoms with Crippen molar-refractivity contribution >= 4 is 11.5 Å². The molecule has 0 saturated carbocycles. The molecule has 0 aromatic heterocycles. The molecule has 0 aromatic rings. The van der Waals surface area contributed by atoms with Crippen LogP contribution in [0.5, 0.6) is 0 Å². The van der Waals surface area contributed by atoms with Crippen LogP contribution in [0.1, 0.15) is 41.5 Å². The third kappa shape index (κ3) is 3.05. The van der Waals surface area contributed by atoms with Gasteiger partial charge in [0.25, 0.3) is 0 Å². The van der Waals surface area contributed by atoms with Crippen molar-refractivity contribution in [1.29, 1.82) is 0 Å². The summed E-state index contributed by atoms with van der Waals surface area (Å²) in [4.78, 5) is 4.49. The second kappa shape index (κ2) is 4.13. The minimum Gasteiger partial charge on any atom is -0.261 e. The van der Waals surface area contributed by atoms with Crippen molar-refractivity contribution in [3.8, 4) is 0 Å². The number of amidine groups is 1. The van der Waals surface area contributed by atoms with E-state index in [1.165, 1.54) is 0 Å². The lowest BCUT2D eigenvalue weighted by Gasteiger charge is -2.19. The number of hydrogen-bond donors (Lipinski definition) is 1. The minimum absolute atomic E-state index is 0.0234. The maximum atomic E-state index is 4.49. The molecule has 0 fully saturated rings. The molecule has 0 aliphatic carbocycles. The van der Waals surface area contributed by atoms with E-state index >= 15 is 0 Å². The van der Waals surface area contributed by atoms with Gasteiger partial charge in [-0.25, -0.2) is 4.99 Å². The van der Waals surface area contributed by atoms with Gasteiger partial charge in [-0.1, -0.05) is 54.7 Å². The van der Waals surface area contributed by atoms with Crippen LogP contribution in [0.2, 0.25) is 0 Å². The number of rotatable bonds is 1. The van der Waals surface area contributed by atoms with E-state index in [0.29, 0.717) is 0 Å². The van der Waals surface area contributed by atoms with Crippen LogP contribution >= 0.6 is 0 Å². The van der Waals surface area contributed by atoms with Crippen LogP contribution in [0.25, 0.3) is 0 Å². The van der Waals surface area contributed by atoms with Crippen LogP contribution in [-0.4, -0.2) is 11.5 Å². The van der Waals surface area contributed by atoms with Crippen molar-refractivity contribution in [2.45, 2.75) is 41.5 Å². The van der Waals surface area contributed by atoms with Crippen LogP contribution in [0.4, 0.5) is 0 Å². The van der Waals surface area contributed by atoms with Crippen molar-refractivity contribution in [3.63, 3.8) is 0 Å². The molecule has 0 spiro atoms. The fourth-order valence-electron chi connectivity index (χ4n) is 1.37. The third-order valence-corrected chi connectivity index (χ3v) is 2.67. The summed E-state index contributed by atoms with van der Waals surface area (Å²) in [5, 5.41) is 4.30. The van der Waals surface area contributed by atoms with E-state index in [2.05, 4.69) is 70.2 Å². The molecule has 1 aliphatic rings. The molecule has 0 amide bonds. The van der Waals surface area contributed by atoms with Crippen molar-refractivity contribution in [2.24, 2.45) is 20.9 Å². The molecule has 0 saturated heterocycles. The average Bonchev–Trinajstić information content (AvgIpc) is 2.45. The summed E-state index contributed by atoms with van der Waals surface area (Å²) in [5.74, 6) is 0.717. The lowest BCUT2D eigenvalue weighted by atomic mass is 9.86. The predicted octanol–water partition coefficient (Wildman–Crippen LogP) is 3.51. The number of aliphatic imine (C=N–C) groups is 1. The zero-order valence-corrected chi connectivity index (χ0v) is 11.8. The molecule has 1 heterocycles. The molecular formula is C14H23N3. The van der Waals surface area contributed by atoms with Gasteiger partial charge in [0.15, 0.2) is 5.84 Å². The average molecular weight is 233 g/mol. The molecule has 0 atom stereocenters. The summed E-state index contributed by atoms with van der Waals surface area (Å²) >= 11 is 0. The van der Waals surface area contributed by atoms with E-state index < -0.39 is 0 Å². The summed E-state index contributed by atoms with van der Waals surface area (Å²) in [5.41, 5.74) is 5.52. The van der Waals surface area contributed by atoms with Gasteiger partial charge in [0.2, 0.25) is 0 Å². The molecule has 0 radical (unpaired) electrons. The van der Waals surface area contributed by atoms with E-state index in [1.807, 2.05) is 0 Å². The van der Waals surface area contributed by atoms with Crippen LogP contribution in [0.3, 0.4) is 0 Å². The lowest BCUT2D eigenvalue weighted by molar-refractivity contribution is 0.500. The van der Waals surface area contributed by atoms with Gasteiger partial charge in [0, 0.05) is 22.1 Å². The van der Waals surface area contributed by atoms with Gasteiger partial charge in [-0.15, -0.1) is 0 Å². The Hall–Kier alpha value is -1.38. The first-order valence-corrected chi connectivity index (χ1v) is 5.85. The van der Waals surface area contributed by atoms with Crippen LogP contribution in [-0.2, 0) is 0 Å². The molecule has 1 rings (SSSR count). The number of nitrogens with zero attached hydrogens (tertiary/aromatic N) is 2. The summed E-state index contributed by atoms with van der Waals surface area (Å²) in [6.45, 7) is 20.6. The van der Waals surface area contributed by atoms with Crippen molar-refractivity contribution in [2.75, 3.05) is 0 Å². The Morgan fingerprint density at radius 1 is 1.18 bits per heavy atom. The summed E-state index contributed by atoms with van der Waals surface area (Å²) in [6.07, 6.45) is 0. The van der Waals surface area contributed by atoms with Gasteiger partial charge in [-0.2, -0.15) is 5.10 Å². The Bertz CT molecular complexity index is 412. The highest BCUT2D eigenvalue weighted by Crippen LogP contribution is 2.28. The molecule has 0 bridgehead atoms. The highest BCUT2D eigenvalue weighted by atomic mass is 15.3. The molecule has 1 aliphatic heterocycles. The molecule has 17 heavy (non-hydrogen) atoms. The van der Waals surface area contributed by atoms with Crippen LogP contribution in [0, 0.1) is 10.8 Å². The standard InChI is InChI=1S/C14H23N3/c1-9-11(14(6,7)8)16-17-12(9)15-10(2)13(3,4)5/h1-2H2,3-8H3,(H,15,17). The fraction of sp³-hybridized carbons (Fsp3) is 0.571. The van der Waals surface area contributed by atoms with Crippen molar-refractivity contribution < 1.29 is 0 Å². The Labute approximate surface area is 104 Å². The van der Waals surface area contributed by atoms with E-state index in [0.717, 1.165) is 22.8 Å². The number of allylic oxidation sites excluding steroid dienone is 1. The first-order chi connectivity index (χ1) is 7.53. The third-order valence-electron chi connectivity index (χ3n) is 2.67. The number of hydrazone groups is 1. The monoisotopic (exact) mass is 233 g/mol. The summed E-state index contributed by atoms with van der Waals surface area (Å²) in [6, 6.07) is 0. The lowest BCUT2D eigenvalue weighted by Crippen LogP contribution is -2.22. The fourth-order valence-corrected chi connectivity index (χ4v) is 1.37. The first kappa shape index (κ1) is 13.7. The SMILES string of the molecule is C=C1C(=NC(=C)C(C)(C)C)NN=C1C(C)(C)C. The smallest absolute Gasteiger partial charge is 0.155 e. The Kier molecular flexibility index (Phi) is 3.33. The zero-order valence-electron chi connectivity index (χ0n) is 11.8. The summed E-state index contributed by atoms with van der Waals surface area (Å²) in [7, 11) is 0. The van der Waals surface area contributed by atoms with Gasteiger partial charge in [0.1, 0.15) is 0 Å². The highest BCUT2D eigenvalue weighted by molar-refractivity contribution is 6.27. The molecule has 0 aromatic carbocycles. The zero-order chi connectivity index (χ0) is 13.4.